The average molecular weight is 1020 g/mol. The number of unbranched alkanes of at least 4 members (excludes halogenated alkanes) is 2. The van der Waals surface area contributed by atoms with Gasteiger partial charge in [0.05, 0.1) is 41.5 Å². The number of aliphatic hydroxyl groups excluding tert-OH is 3. The minimum atomic E-state index is -1.84. The number of cyclic esters (lactones) is 1. The third-order valence-electron chi connectivity index (χ3n) is 15.8. The molecule has 3 saturated heterocycles. The summed E-state index contributed by atoms with van der Waals surface area (Å²) in [7, 11) is 5.28. The number of nitrogens with one attached hydrogen (secondary N) is 2. The number of hydroxylamine groups is 1. The van der Waals surface area contributed by atoms with Crippen LogP contribution in [0.4, 0.5) is 0 Å². The fourth-order valence-corrected chi connectivity index (χ4v) is 11.2. The highest BCUT2D eigenvalue weighted by Crippen LogP contribution is 2.40. The van der Waals surface area contributed by atoms with Gasteiger partial charge in [0.25, 0.3) is 0 Å². The second kappa shape index (κ2) is 25.5. The van der Waals surface area contributed by atoms with Crippen LogP contribution in [0.15, 0.2) is 30.5 Å². The van der Waals surface area contributed by atoms with Crippen molar-refractivity contribution in [2.24, 2.45) is 17.8 Å². The van der Waals surface area contributed by atoms with Crippen LogP contribution in [-0.2, 0) is 51.1 Å². The van der Waals surface area contributed by atoms with E-state index >= 15 is 0 Å². The second-order valence-corrected chi connectivity index (χ2v) is 22.1. The van der Waals surface area contributed by atoms with E-state index in [-0.39, 0.29) is 43.6 Å². The van der Waals surface area contributed by atoms with E-state index in [1.165, 1.54) is 14.0 Å². The molecule has 4 heterocycles. The van der Waals surface area contributed by atoms with Crippen molar-refractivity contribution in [1.29, 1.82) is 0 Å². The van der Waals surface area contributed by atoms with Gasteiger partial charge in [-0.3, -0.25) is 19.7 Å². The van der Waals surface area contributed by atoms with Gasteiger partial charge in [-0.05, 0) is 125 Å². The number of benzene rings is 1. The van der Waals surface area contributed by atoms with Crippen molar-refractivity contribution in [1.82, 2.24) is 25.6 Å². The van der Waals surface area contributed by atoms with Crippen LogP contribution in [0.5, 0.6) is 0 Å². The third kappa shape index (κ3) is 14.6. The van der Waals surface area contributed by atoms with Crippen LogP contribution in [0.2, 0.25) is 0 Å². The fourth-order valence-electron chi connectivity index (χ4n) is 11.2. The number of rotatable bonds is 16. The first-order chi connectivity index (χ1) is 33.8. The molecule has 72 heavy (non-hydrogen) atoms. The largest absolute Gasteiger partial charge is 0.459 e. The summed E-state index contributed by atoms with van der Waals surface area (Å²) in [6.45, 7) is 19.2. The molecule has 0 bridgehead atoms. The summed E-state index contributed by atoms with van der Waals surface area (Å²) in [5.41, 5.74) is -0.173. The van der Waals surface area contributed by atoms with Crippen LogP contribution in [0.1, 0.15) is 126 Å². The number of esters is 1. The molecular weight excluding hydrogens is 933 g/mol. The number of carbonyl (C=O) groups excluding carboxylic acids is 2. The van der Waals surface area contributed by atoms with Gasteiger partial charge in [0.1, 0.15) is 36.6 Å². The molecule has 3 aliphatic heterocycles. The Kier molecular flexibility index (Phi) is 21.2. The van der Waals surface area contributed by atoms with Crippen LogP contribution < -0.4 is 10.2 Å². The van der Waals surface area contributed by atoms with E-state index in [0.29, 0.717) is 32.5 Å². The smallest absolute Gasteiger partial charge is 0.311 e. The number of aryl methyl sites for hydroxylation is 1. The maximum absolute atomic E-state index is 14.5. The molecule has 1 amide bonds. The predicted octanol–water partition coefficient (Wildman–Crippen LogP) is 3.21. The van der Waals surface area contributed by atoms with Gasteiger partial charge < -0.3 is 58.9 Å². The highest BCUT2D eigenvalue weighted by molar-refractivity contribution is 5.74. The Morgan fingerprint density at radius 1 is 0.986 bits per heavy atom. The summed E-state index contributed by atoms with van der Waals surface area (Å²) >= 11 is 0. The molecule has 8 N–H and O–H groups in total. The number of aliphatic hydroxyl groups is 5. The number of carbonyl (C=O) groups is 2. The lowest BCUT2D eigenvalue weighted by Crippen LogP contribution is -2.60. The van der Waals surface area contributed by atoms with Gasteiger partial charge in [0.2, 0.25) is 11.6 Å². The van der Waals surface area contributed by atoms with Crippen LogP contribution in [0.25, 0.3) is 11.3 Å². The van der Waals surface area contributed by atoms with Crippen molar-refractivity contribution in [2.45, 2.75) is 224 Å². The zero-order valence-electron chi connectivity index (χ0n) is 45.1. The number of amides is 1. The maximum atomic E-state index is 14.5. The fraction of sp³-hybridized carbons (Fsp3) is 0.808. The molecular formula is C52H89N6O14+. The molecule has 1 aromatic carbocycles. The maximum Gasteiger partial charge on any atom is 0.311 e. The number of nitrogens with zero attached hydrogens (tertiary/aromatic N) is 4. The van der Waals surface area contributed by atoms with Gasteiger partial charge in [-0.15, -0.1) is 0 Å². The van der Waals surface area contributed by atoms with E-state index in [1.807, 2.05) is 74.9 Å². The number of H-pyrrole nitrogens is 1. The molecule has 0 saturated carbocycles. The SMILES string of the molecule is CC[C@H]1OC(=O)[C@H](C)[C@@H](OC2C[C@@](C)(OC)[C@@H](O)[C@H](C)O2)[C@H](C)[C@@H](O[C@@H]2O[C@H](C)C[C@H](N(C)Cc3ccc(-c4c[n+](CCCCCC(=O)NO)[nH]n4)cc3)[C@H]2O)[C@](C)(O)C[C@@H](C)CN(C)[C@H](C)[C@@H](O)[C@]1(C)O. The van der Waals surface area contributed by atoms with E-state index in [2.05, 4.69) is 15.2 Å². The van der Waals surface area contributed by atoms with Gasteiger partial charge in [-0.25, -0.2) is 5.48 Å². The summed E-state index contributed by atoms with van der Waals surface area (Å²) in [6, 6.07) is 7.05. The first kappa shape index (κ1) is 59.7. The minimum Gasteiger partial charge on any atom is -0.459 e. The summed E-state index contributed by atoms with van der Waals surface area (Å²) in [4.78, 5) is 29.8. The molecule has 1 unspecified atom stereocenters. The molecule has 18 atom stereocenters. The first-order valence-electron chi connectivity index (χ1n) is 26.0. The Hall–Kier alpha value is -3.22. The van der Waals surface area contributed by atoms with Gasteiger partial charge in [0.15, 0.2) is 18.8 Å². The van der Waals surface area contributed by atoms with Gasteiger partial charge in [0, 0.05) is 61.7 Å². The monoisotopic (exact) mass is 1020 g/mol. The average Bonchev–Trinajstić information content (AvgIpc) is 3.81. The van der Waals surface area contributed by atoms with E-state index in [0.717, 1.165) is 29.7 Å². The Labute approximate surface area is 426 Å². The van der Waals surface area contributed by atoms with Crippen molar-refractivity contribution in [2.75, 3.05) is 27.7 Å². The Bertz CT molecular complexity index is 2010. The topological polar surface area (TPSA) is 262 Å². The highest BCUT2D eigenvalue weighted by Gasteiger charge is 2.53. The summed E-state index contributed by atoms with van der Waals surface area (Å²) in [6.07, 6.45) is -4.55. The van der Waals surface area contributed by atoms with E-state index in [1.54, 1.807) is 47.0 Å². The second-order valence-electron chi connectivity index (χ2n) is 22.1. The number of aromatic nitrogens is 3. The van der Waals surface area contributed by atoms with Gasteiger partial charge in [-0.2, -0.15) is 4.68 Å². The van der Waals surface area contributed by atoms with Crippen LogP contribution in [0.3, 0.4) is 0 Å². The quantitative estimate of drug-likeness (QED) is 0.0395. The lowest BCUT2D eigenvalue weighted by molar-refractivity contribution is -0.753. The van der Waals surface area contributed by atoms with Crippen molar-refractivity contribution in [3.05, 3.63) is 36.0 Å². The molecule has 3 fully saturated rings. The molecule has 1 aromatic heterocycles. The van der Waals surface area contributed by atoms with Gasteiger partial charge >= 0.3 is 5.97 Å². The van der Waals surface area contributed by atoms with Gasteiger partial charge in [-0.1, -0.05) is 38.1 Å². The molecule has 0 aliphatic carbocycles. The van der Waals surface area contributed by atoms with E-state index < -0.39 is 102 Å². The minimum absolute atomic E-state index is 0.0984. The number of hydrogen-bond acceptors (Lipinski definition) is 17. The first-order valence-corrected chi connectivity index (χ1v) is 26.0. The lowest BCUT2D eigenvalue weighted by Gasteiger charge is -2.49. The van der Waals surface area contributed by atoms with Crippen molar-refractivity contribution < 1.29 is 73.4 Å². The highest BCUT2D eigenvalue weighted by atomic mass is 16.7. The predicted molar refractivity (Wildman–Crippen MR) is 265 cm³/mol. The summed E-state index contributed by atoms with van der Waals surface area (Å²) in [5, 5.41) is 76.0. The molecule has 5 rings (SSSR count). The normalized spacial score (nSPS) is 39.0. The number of likely N-dealkylation sites (N-methyl/N-ethyl adjacent to an activating group) is 2. The molecule has 2 aromatic rings. The van der Waals surface area contributed by atoms with Crippen LogP contribution in [0, 0.1) is 17.8 Å². The molecule has 410 valence electrons. The van der Waals surface area contributed by atoms with Crippen molar-refractivity contribution >= 4 is 11.9 Å². The third-order valence-corrected chi connectivity index (χ3v) is 15.8. The van der Waals surface area contributed by atoms with E-state index in [9.17, 15) is 35.1 Å². The Morgan fingerprint density at radius 2 is 1.67 bits per heavy atom. The van der Waals surface area contributed by atoms with Crippen LogP contribution >= 0.6 is 0 Å². The number of aromatic amines is 1. The lowest BCUT2D eigenvalue weighted by atomic mass is 9.77. The molecule has 20 nitrogen and oxygen atoms in total. The van der Waals surface area contributed by atoms with Crippen LogP contribution in [-0.4, -0.2) is 181 Å². The molecule has 3 aliphatic rings. The summed E-state index contributed by atoms with van der Waals surface area (Å²) < 4.78 is 40.2. The van der Waals surface area contributed by atoms with Crippen molar-refractivity contribution in [3.8, 4) is 11.3 Å². The molecule has 0 spiro atoms. The standard InChI is InChI=1S/C52H88N6O14/c1-14-40-52(10,65)45(61)34(6)56(11)27-30(2)25-50(8,64)47(32(4)44(33(5)48(63)70-40)71-42-26-51(9,67-13)46(62)35(7)69-42)72-49-43(60)39(24-31(3)68-49)57(12)28-36-19-21-37(22-20-36)38-29-58(55-53-38)23-17-15-16-18-41(59)54-66/h19-22,29-35,39-40,42-47,49,60-62,64-65H,14-18,23-28H2,1-13H3,(H2,53,54,55,59,66)/p+1/t30-,31-,32+,33-,34-,35+,39+,40-,42?,43-,44+,45-,46+,47-,49+,50-,51-,52-/m1/s1. The zero-order valence-corrected chi connectivity index (χ0v) is 45.1. The van der Waals surface area contributed by atoms with Crippen molar-refractivity contribution in [3.63, 3.8) is 0 Å². The Balaban J connectivity index is 1.41. The van der Waals surface area contributed by atoms with E-state index in [4.69, 9.17) is 33.6 Å². The number of methoxy groups -OCH3 is 1. The Morgan fingerprint density at radius 3 is 2.31 bits per heavy atom. The molecule has 0 radical (unpaired) electrons. The number of ether oxygens (including phenoxy) is 6. The summed E-state index contributed by atoms with van der Waals surface area (Å²) in [5.74, 6) is -3.18. The molecule has 20 heteroatoms. The number of hydrogen-bond donors (Lipinski definition) is 8. The zero-order chi connectivity index (χ0) is 53.5.